The number of benzene rings is 3. The van der Waals surface area contributed by atoms with Crippen LogP contribution in [-0.4, -0.2) is 16.1 Å². The number of amidine groups is 1. The molecule has 0 amide bonds. The van der Waals surface area contributed by atoms with E-state index in [1.807, 2.05) is 30.3 Å². The van der Waals surface area contributed by atoms with Crippen molar-refractivity contribution in [2.24, 2.45) is 10.9 Å². The maximum atomic E-state index is 10.1. The summed E-state index contributed by atoms with van der Waals surface area (Å²) in [5, 5.41) is 22.3. The van der Waals surface area contributed by atoms with Gasteiger partial charge in [0.25, 0.3) is 0 Å². The summed E-state index contributed by atoms with van der Waals surface area (Å²) >= 11 is 12.5. The third-order valence-electron chi connectivity index (χ3n) is 3.91. The molecule has 4 N–H and O–H groups in total. The van der Waals surface area contributed by atoms with Crippen molar-refractivity contribution in [3.8, 4) is 17.2 Å². The van der Waals surface area contributed by atoms with Crippen LogP contribution in [0.25, 0.3) is 0 Å². The van der Waals surface area contributed by atoms with Crippen LogP contribution >= 0.6 is 23.2 Å². The largest absolute Gasteiger partial charge is 0.508 e. The van der Waals surface area contributed by atoms with Crippen molar-refractivity contribution in [2.45, 2.75) is 6.42 Å². The normalized spacial score (nSPS) is 11.4. The molecule has 0 bridgehead atoms. The smallest absolute Gasteiger partial charge is 0.170 e. The summed E-state index contributed by atoms with van der Waals surface area (Å²) in [6.45, 7) is 0. The fourth-order valence-electron chi connectivity index (χ4n) is 2.56. The molecule has 0 aliphatic carbocycles. The van der Waals surface area contributed by atoms with Crippen molar-refractivity contribution in [3.05, 3.63) is 87.4 Å². The quantitative estimate of drug-likeness (QED) is 0.237. The molecular formula is C20H16Cl2N2O3. The van der Waals surface area contributed by atoms with Gasteiger partial charge >= 0.3 is 0 Å². The molecule has 0 atom stereocenters. The number of oxime groups is 1. The highest BCUT2D eigenvalue weighted by atomic mass is 35.5. The summed E-state index contributed by atoms with van der Waals surface area (Å²) < 4.78 is 5.82. The number of phenols is 1. The predicted octanol–water partition coefficient (Wildman–Crippen LogP) is 5.18. The second-order valence-corrected chi connectivity index (χ2v) is 6.62. The van der Waals surface area contributed by atoms with E-state index in [9.17, 15) is 5.11 Å². The van der Waals surface area contributed by atoms with Gasteiger partial charge in [-0.1, -0.05) is 58.7 Å². The molecule has 0 heterocycles. The van der Waals surface area contributed by atoms with Crippen LogP contribution in [0.2, 0.25) is 10.0 Å². The Balaban J connectivity index is 1.89. The number of nitrogens with zero attached hydrogens (tertiary/aromatic N) is 1. The van der Waals surface area contributed by atoms with Crippen LogP contribution in [-0.2, 0) is 6.42 Å². The number of hydrogen-bond donors (Lipinski definition) is 3. The lowest BCUT2D eigenvalue weighted by Crippen LogP contribution is -2.13. The Morgan fingerprint density at radius 2 is 1.67 bits per heavy atom. The lowest BCUT2D eigenvalue weighted by atomic mass is 10.0. The van der Waals surface area contributed by atoms with Crippen molar-refractivity contribution >= 4 is 29.0 Å². The Bertz CT molecular complexity index is 969. The minimum Gasteiger partial charge on any atom is -0.508 e. The molecule has 5 nitrogen and oxygen atoms in total. The number of nitrogens with two attached hydrogens (primary N) is 1. The summed E-state index contributed by atoms with van der Waals surface area (Å²) in [6.07, 6.45) is 0.549. The number of rotatable bonds is 5. The Morgan fingerprint density at radius 1 is 1.00 bits per heavy atom. The molecule has 3 aromatic carbocycles. The molecule has 0 aliphatic rings. The second kappa shape index (κ2) is 8.20. The molecule has 3 aromatic rings. The number of phenolic OH excluding ortho intramolecular Hbond substituents is 1. The van der Waals surface area contributed by atoms with Gasteiger partial charge in [-0.25, -0.2) is 0 Å². The van der Waals surface area contributed by atoms with Crippen LogP contribution in [0.1, 0.15) is 16.7 Å². The Hall–Kier alpha value is -2.89. The fraction of sp³-hybridized carbons (Fsp3) is 0.0500. The number of hydrogen-bond acceptors (Lipinski definition) is 4. The predicted molar refractivity (Wildman–Crippen MR) is 106 cm³/mol. The van der Waals surface area contributed by atoms with Crippen LogP contribution in [0.15, 0.2) is 65.8 Å². The third-order valence-corrected chi connectivity index (χ3v) is 4.47. The zero-order valence-corrected chi connectivity index (χ0v) is 15.6. The van der Waals surface area contributed by atoms with Gasteiger partial charge in [-0.2, -0.15) is 0 Å². The van der Waals surface area contributed by atoms with Gasteiger partial charge in [-0.05, 0) is 35.9 Å². The van der Waals surface area contributed by atoms with Crippen LogP contribution < -0.4 is 10.5 Å². The molecule has 0 saturated carbocycles. The van der Waals surface area contributed by atoms with E-state index in [-0.39, 0.29) is 27.4 Å². The first-order valence-corrected chi connectivity index (χ1v) is 8.74. The van der Waals surface area contributed by atoms with Gasteiger partial charge in [-0.15, -0.1) is 0 Å². The maximum absolute atomic E-state index is 10.1. The van der Waals surface area contributed by atoms with Crippen LogP contribution in [0.3, 0.4) is 0 Å². The number of ether oxygens (including phenoxy) is 1. The average molecular weight is 403 g/mol. The van der Waals surface area contributed by atoms with E-state index < -0.39 is 0 Å². The van der Waals surface area contributed by atoms with E-state index in [1.54, 1.807) is 18.2 Å². The summed E-state index contributed by atoms with van der Waals surface area (Å²) in [5.74, 6) is 0.772. The lowest BCUT2D eigenvalue weighted by Gasteiger charge is -2.13. The van der Waals surface area contributed by atoms with Crippen molar-refractivity contribution in [1.82, 2.24) is 0 Å². The van der Waals surface area contributed by atoms with Gasteiger partial charge < -0.3 is 20.8 Å². The van der Waals surface area contributed by atoms with E-state index >= 15 is 0 Å². The highest BCUT2D eigenvalue weighted by Gasteiger charge is 2.14. The average Bonchev–Trinajstić information content (AvgIpc) is 2.67. The lowest BCUT2D eigenvalue weighted by molar-refractivity contribution is 0.318. The Labute approximate surface area is 166 Å². The van der Waals surface area contributed by atoms with Crippen molar-refractivity contribution < 1.29 is 15.1 Å². The molecule has 0 radical (unpaired) electrons. The van der Waals surface area contributed by atoms with Gasteiger partial charge in [0.05, 0.1) is 10.0 Å². The first-order valence-electron chi connectivity index (χ1n) is 7.98. The highest BCUT2D eigenvalue weighted by Crippen LogP contribution is 2.38. The molecule has 138 valence electrons. The van der Waals surface area contributed by atoms with Gasteiger partial charge in [-0.3, -0.25) is 0 Å². The first kappa shape index (κ1) is 18.9. The molecular weight excluding hydrogens is 387 g/mol. The number of halogens is 2. The van der Waals surface area contributed by atoms with E-state index in [1.165, 1.54) is 12.1 Å². The molecule has 0 unspecified atom stereocenters. The van der Waals surface area contributed by atoms with E-state index in [4.69, 9.17) is 38.9 Å². The fourth-order valence-corrected chi connectivity index (χ4v) is 3.13. The van der Waals surface area contributed by atoms with E-state index in [0.717, 1.165) is 5.56 Å². The zero-order chi connectivity index (χ0) is 19.4. The first-order chi connectivity index (χ1) is 13.0. The monoisotopic (exact) mass is 402 g/mol. The molecule has 0 fully saturated rings. The van der Waals surface area contributed by atoms with E-state index in [2.05, 4.69) is 5.16 Å². The molecule has 27 heavy (non-hydrogen) atoms. The molecule has 0 aromatic heterocycles. The summed E-state index contributed by atoms with van der Waals surface area (Å²) in [4.78, 5) is 0. The summed E-state index contributed by atoms with van der Waals surface area (Å²) in [7, 11) is 0. The van der Waals surface area contributed by atoms with Crippen molar-refractivity contribution in [2.75, 3.05) is 0 Å². The molecule has 0 aliphatic heterocycles. The Kier molecular flexibility index (Phi) is 5.74. The van der Waals surface area contributed by atoms with Gasteiger partial charge in [0.15, 0.2) is 11.6 Å². The molecule has 0 spiro atoms. The molecule has 0 saturated heterocycles. The molecule has 7 heteroatoms. The maximum Gasteiger partial charge on any atom is 0.170 e. The number of aromatic hydroxyl groups is 1. The third kappa shape index (κ3) is 4.45. The van der Waals surface area contributed by atoms with E-state index in [0.29, 0.717) is 23.3 Å². The van der Waals surface area contributed by atoms with Crippen molar-refractivity contribution in [3.63, 3.8) is 0 Å². The zero-order valence-electron chi connectivity index (χ0n) is 14.1. The molecule has 3 rings (SSSR count). The summed E-state index contributed by atoms with van der Waals surface area (Å²) in [6, 6.07) is 17.7. The van der Waals surface area contributed by atoms with Gasteiger partial charge in [0, 0.05) is 17.5 Å². The topological polar surface area (TPSA) is 88.1 Å². The van der Waals surface area contributed by atoms with Crippen LogP contribution in [0.4, 0.5) is 0 Å². The van der Waals surface area contributed by atoms with Crippen LogP contribution in [0.5, 0.6) is 17.2 Å². The van der Waals surface area contributed by atoms with Gasteiger partial charge in [0.1, 0.15) is 11.5 Å². The standard InChI is InChI=1S/C20H16Cl2N2O3/c21-16-10-14(20(23)24-26)11-17(22)19(16)27-15-6-7-18(25)13(9-15)8-12-4-2-1-3-5-12/h1-7,9-11,25-26H,8H2,(H2,23,24). The SMILES string of the molecule is N/C(=N\O)c1cc(Cl)c(Oc2ccc(O)c(Cc3ccccc3)c2)c(Cl)c1. The highest BCUT2D eigenvalue weighted by molar-refractivity contribution is 6.37. The second-order valence-electron chi connectivity index (χ2n) is 5.81. The summed E-state index contributed by atoms with van der Waals surface area (Å²) in [5.41, 5.74) is 7.70. The van der Waals surface area contributed by atoms with Gasteiger partial charge in [0.2, 0.25) is 0 Å². The Morgan fingerprint density at radius 3 is 2.30 bits per heavy atom. The minimum atomic E-state index is -0.111. The minimum absolute atomic E-state index is 0.111. The van der Waals surface area contributed by atoms with Crippen molar-refractivity contribution in [1.29, 1.82) is 0 Å². The van der Waals surface area contributed by atoms with Crippen LogP contribution in [0, 0.1) is 0 Å².